The number of hydrogen-bond donors (Lipinski definition) is 2. The molecule has 0 aliphatic heterocycles. The van der Waals surface area contributed by atoms with Gasteiger partial charge in [0.2, 0.25) is 0 Å². The average Bonchev–Trinajstić information content (AvgIpc) is 3.24. The zero-order valence-electron chi connectivity index (χ0n) is 15.5. The van der Waals surface area contributed by atoms with Crippen LogP contribution in [0.25, 0.3) is 4.96 Å². The topological polar surface area (TPSA) is 72.2 Å². The molecule has 1 unspecified atom stereocenters. The number of imidazole rings is 1. The van der Waals surface area contributed by atoms with Crippen molar-refractivity contribution in [3.63, 3.8) is 0 Å². The summed E-state index contributed by atoms with van der Waals surface area (Å²) in [4.78, 5) is 9.78. The van der Waals surface area contributed by atoms with Gasteiger partial charge in [0.1, 0.15) is 6.10 Å². The van der Waals surface area contributed by atoms with Crippen molar-refractivity contribution in [3.8, 4) is 11.5 Å². The third-order valence-electron chi connectivity index (χ3n) is 3.76. The Balaban J connectivity index is 0.00000261. The van der Waals surface area contributed by atoms with E-state index in [0.29, 0.717) is 19.0 Å². The number of halogens is 1. The molecule has 2 aromatic heterocycles. The van der Waals surface area contributed by atoms with Crippen molar-refractivity contribution < 1.29 is 9.47 Å². The first-order chi connectivity index (χ1) is 12.7. The molecule has 0 spiro atoms. The number of para-hydroxylation sites is 2. The van der Waals surface area contributed by atoms with E-state index in [0.717, 1.165) is 22.2 Å². The number of ether oxygens (including phenoxy) is 2. The molecular formula is C18H24IN5O2S. The lowest BCUT2D eigenvalue weighted by Crippen LogP contribution is -2.41. The lowest BCUT2D eigenvalue weighted by atomic mass is 10.3. The third-order valence-corrected chi connectivity index (χ3v) is 4.53. The van der Waals surface area contributed by atoms with Crippen LogP contribution in [0.2, 0.25) is 0 Å². The van der Waals surface area contributed by atoms with Crippen LogP contribution < -0.4 is 20.1 Å². The van der Waals surface area contributed by atoms with Crippen molar-refractivity contribution in [2.45, 2.75) is 19.6 Å². The molecule has 0 aliphatic rings. The molecule has 0 bridgehead atoms. The molecule has 1 atom stereocenters. The van der Waals surface area contributed by atoms with Crippen LogP contribution in [0.3, 0.4) is 0 Å². The van der Waals surface area contributed by atoms with Crippen molar-refractivity contribution in [1.29, 1.82) is 0 Å². The number of hydrogen-bond acceptors (Lipinski definition) is 5. The van der Waals surface area contributed by atoms with Crippen LogP contribution in [0.5, 0.6) is 11.5 Å². The van der Waals surface area contributed by atoms with Gasteiger partial charge in [0.05, 0.1) is 25.9 Å². The van der Waals surface area contributed by atoms with Gasteiger partial charge in [0.25, 0.3) is 0 Å². The number of fused-ring (bicyclic) bond motifs is 1. The van der Waals surface area contributed by atoms with Crippen molar-refractivity contribution in [2.75, 3.05) is 20.7 Å². The molecule has 2 heterocycles. The van der Waals surface area contributed by atoms with E-state index in [-0.39, 0.29) is 30.1 Å². The molecular weight excluding hydrogens is 477 g/mol. The van der Waals surface area contributed by atoms with Gasteiger partial charge in [-0.2, -0.15) is 0 Å². The van der Waals surface area contributed by atoms with Crippen LogP contribution in [-0.2, 0) is 6.54 Å². The van der Waals surface area contributed by atoms with Gasteiger partial charge in [-0.05, 0) is 19.1 Å². The summed E-state index contributed by atoms with van der Waals surface area (Å²) in [7, 11) is 3.38. The van der Waals surface area contributed by atoms with Crippen LogP contribution in [0.1, 0.15) is 12.6 Å². The van der Waals surface area contributed by atoms with Crippen LogP contribution in [-0.4, -0.2) is 42.2 Å². The summed E-state index contributed by atoms with van der Waals surface area (Å²) >= 11 is 1.62. The summed E-state index contributed by atoms with van der Waals surface area (Å²) in [6, 6.07) is 7.62. The Morgan fingerprint density at radius 3 is 2.78 bits per heavy atom. The molecule has 7 nitrogen and oxygen atoms in total. The first kappa shape index (κ1) is 21.3. The van der Waals surface area contributed by atoms with Crippen LogP contribution >= 0.6 is 35.3 Å². The Morgan fingerprint density at radius 1 is 1.30 bits per heavy atom. The fourth-order valence-corrected chi connectivity index (χ4v) is 3.19. The lowest BCUT2D eigenvalue weighted by Gasteiger charge is -2.18. The van der Waals surface area contributed by atoms with Crippen LogP contribution in [0, 0.1) is 0 Å². The van der Waals surface area contributed by atoms with Crippen molar-refractivity contribution in [2.24, 2.45) is 4.99 Å². The number of guanidine groups is 1. The number of aliphatic imine (C=N–C) groups is 1. The first-order valence-electron chi connectivity index (χ1n) is 8.35. The Morgan fingerprint density at radius 2 is 2.07 bits per heavy atom. The summed E-state index contributed by atoms with van der Waals surface area (Å²) < 4.78 is 13.3. The third kappa shape index (κ3) is 5.73. The van der Waals surface area contributed by atoms with E-state index in [2.05, 4.69) is 20.6 Å². The van der Waals surface area contributed by atoms with E-state index in [1.54, 1.807) is 25.5 Å². The molecule has 146 valence electrons. The summed E-state index contributed by atoms with van der Waals surface area (Å²) in [5, 5.41) is 8.55. The Kier molecular flexibility index (Phi) is 8.17. The van der Waals surface area contributed by atoms with Crippen LogP contribution in [0.15, 0.2) is 47.0 Å². The summed E-state index contributed by atoms with van der Waals surface area (Å²) in [5.74, 6) is 2.16. The minimum absolute atomic E-state index is 0. The number of nitrogens with one attached hydrogen (secondary N) is 2. The van der Waals surface area contributed by atoms with Crippen LogP contribution in [0.4, 0.5) is 0 Å². The Labute approximate surface area is 179 Å². The van der Waals surface area contributed by atoms with Gasteiger partial charge in [0.15, 0.2) is 22.4 Å². The highest BCUT2D eigenvalue weighted by Crippen LogP contribution is 2.26. The van der Waals surface area contributed by atoms with Crippen molar-refractivity contribution in [3.05, 3.63) is 47.7 Å². The van der Waals surface area contributed by atoms with E-state index < -0.39 is 0 Å². The molecule has 3 rings (SSSR count). The minimum Gasteiger partial charge on any atom is -0.493 e. The highest BCUT2D eigenvalue weighted by atomic mass is 127. The molecule has 0 fully saturated rings. The molecule has 3 aromatic rings. The predicted molar refractivity (Wildman–Crippen MR) is 120 cm³/mol. The standard InChI is InChI=1S/C18H23N5O2S.HI/c1-13(25-16-7-5-4-6-15(16)24-3)10-20-17(19-2)21-11-14-12-23-8-9-26-18(23)22-14;/h4-9,12-13H,10-11H2,1-3H3,(H2,19,20,21);1H. The maximum atomic E-state index is 5.94. The number of methoxy groups -OCH3 is 1. The van der Waals surface area contributed by atoms with Gasteiger partial charge in [-0.1, -0.05) is 12.1 Å². The van der Waals surface area contributed by atoms with E-state index in [4.69, 9.17) is 9.47 Å². The molecule has 0 radical (unpaired) electrons. The number of benzene rings is 1. The second-order valence-corrected chi connectivity index (χ2v) is 6.58. The second kappa shape index (κ2) is 10.4. The van der Waals surface area contributed by atoms with Crippen molar-refractivity contribution >= 4 is 46.2 Å². The van der Waals surface area contributed by atoms with E-state index in [9.17, 15) is 0 Å². The van der Waals surface area contributed by atoms with E-state index in [1.165, 1.54) is 0 Å². The molecule has 1 aromatic carbocycles. The predicted octanol–water partition coefficient (Wildman–Crippen LogP) is 3.15. The zero-order chi connectivity index (χ0) is 18.4. The number of nitrogens with zero attached hydrogens (tertiary/aromatic N) is 3. The van der Waals surface area contributed by atoms with Gasteiger partial charge in [0, 0.05) is 24.8 Å². The van der Waals surface area contributed by atoms with Gasteiger partial charge in [-0.3, -0.25) is 9.39 Å². The molecule has 0 saturated carbocycles. The van der Waals surface area contributed by atoms with Gasteiger partial charge in [-0.25, -0.2) is 4.98 Å². The van der Waals surface area contributed by atoms with E-state index >= 15 is 0 Å². The molecule has 0 amide bonds. The monoisotopic (exact) mass is 501 g/mol. The average molecular weight is 501 g/mol. The number of aromatic nitrogens is 2. The lowest BCUT2D eigenvalue weighted by molar-refractivity contribution is 0.213. The highest BCUT2D eigenvalue weighted by molar-refractivity contribution is 14.0. The summed E-state index contributed by atoms with van der Waals surface area (Å²) in [6.45, 7) is 3.21. The largest absolute Gasteiger partial charge is 0.493 e. The molecule has 2 N–H and O–H groups in total. The molecule has 9 heteroatoms. The minimum atomic E-state index is -0.0530. The second-order valence-electron chi connectivity index (χ2n) is 5.71. The quantitative estimate of drug-likeness (QED) is 0.296. The highest BCUT2D eigenvalue weighted by Gasteiger charge is 2.10. The van der Waals surface area contributed by atoms with Crippen molar-refractivity contribution in [1.82, 2.24) is 20.0 Å². The molecule has 0 saturated heterocycles. The Bertz CT molecular complexity index is 851. The zero-order valence-corrected chi connectivity index (χ0v) is 18.7. The molecule has 0 aliphatic carbocycles. The summed E-state index contributed by atoms with van der Waals surface area (Å²) in [6.07, 6.45) is 3.96. The normalized spacial score (nSPS) is 12.3. The fraction of sp³-hybridized carbons (Fsp3) is 0.333. The maximum absolute atomic E-state index is 5.94. The van der Waals surface area contributed by atoms with Gasteiger partial charge in [-0.15, -0.1) is 35.3 Å². The maximum Gasteiger partial charge on any atom is 0.193 e. The fourth-order valence-electron chi connectivity index (χ4n) is 2.47. The van der Waals surface area contributed by atoms with Gasteiger partial charge >= 0.3 is 0 Å². The SMILES string of the molecule is CN=C(NCc1cn2ccsc2n1)NCC(C)Oc1ccccc1OC.I. The van der Waals surface area contributed by atoms with Gasteiger partial charge < -0.3 is 20.1 Å². The Hall–Kier alpha value is -2.01. The molecule has 27 heavy (non-hydrogen) atoms. The number of rotatable bonds is 7. The van der Waals surface area contributed by atoms with E-state index in [1.807, 2.05) is 53.4 Å². The summed E-state index contributed by atoms with van der Waals surface area (Å²) in [5.41, 5.74) is 0.970. The first-order valence-corrected chi connectivity index (χ1v) is 9.23. The number of thiazole rings is 1. The smallest absolute Gasteiger partial charge is 0.193 e.